The summed E-state index contributed by atoms with van der Waals surface area (Å²) in [6.07, 6.45) is 10.8. The van der Waals surface area contributed by atoms with E-state index in [9.17, 15) is 5.11 Å². The molecule has 20 heavy (non-hydrogen) atoms. The van der Waals surface area contributed by atoms with Gasteiger partial charge in [-0.3, -0.25) is 0 Å². The van der Waals surface area contributed by atoms with Crippen molar-refractivity contribution in [2.75, 3.05) is 0 Å². The summed E-state index contributed by atoms with van der Waals surface area (Å²) in [7, 11) is 0. The lowest BCUT2D eigenvalue weighted by Gasteiger charge is -2.46. The number of rotatable bonds is 1. The van der Waals surface area contributed by atoms with Gasteiger partial charge in [-0.25, -0.2) is 0 Å². The molecular weight excluding hydrogens is 246 g/mol. The molecular formula is C18H27NO. The molecule has 2 heteroatoms. The van der Waals surface area contributed by atoms with Gasteiger partial charge in [0.05, 0.1) is 6.10 Å². The van der Waals surface area contributed by atoms with E-state index in [0.717, 1.165) is 12.8 Å². The predicted molar refractivity (Wildman–Crippen MR) is 82.6 cm³/mol. The topological polar surface area (TPSA) is 32.3 Å². The van der Waals surface area contributed by atoms with Crippen LogP contribution in [0.4, 0.5) is 0 Å². The van der Waals surface area contributed by atoms with Crippen LogP contribution in [-0.4, -0.2) is 16.7 Å². The van der Waals surface area contributed by atoms with E-state index < -0.39 is 0 Å². The highest BCUT2D eigenvalue weighted by atomic mass is 16.3. The van der Waals surface area contributed by atoms with Crippen molar-refractivity contribution in [3.05, 3.63) is 35.9 Å². The minimum atomic E-state index is -0.152. The Morgan fingerprint density at radius 1 is 0.950 bits per heavy atom. The highest BCUT2D eigenvalue weighted by molar-refractivity contribution is 5.21. The first kappa shape index (κ1) is 14.1. The SMILES string of the molecule is O[C@@H]1C[C@H](c2ccccc2)NC2(CCCCCCC2)C1. The summed E-state index contributed by atoms with van der Waals surface area (Å²) in [5.74, 6) is 0. The van der Waals surface area contributed by atoms with Gasteiger partial charge in [0.1, 0.15) is 0 Å². The zero-order valence-electron chi connectivity index (χ0n) is 12.4. The van der Waals surface area contributed by atoms with Crippen molar-refractivity contribution < 1.29 is 5.11 Å². The Balaban J connectivity index is 1.77. The number of hydrogen-bond donors (Lipinski definition) is 2. The molecule has 0 amide bonds. The quantitative estimate of drug-likeness (QED) is 0.812. The highest BCUT2D eigenvalue weighted by Crippen LogP contribution is 2.38. The fraction of sp³-hybridized carbons (Fsp3) is 0.667. The van der Waals surface area contributed by atoms with Crippen LogP contribution in [0.2, 0.25) is 0 Å². The molecule has 110 valence electrons. The molecule has 1 heterocycles. The van der Waals surface area contributed by atoms with Gasteiger partial charge >= 0.3 is 0 Å². The molecule has 0 aromatic heterocycles. The fourth-order valence-corrected chi connectivity index (χ4v) is 4.13. The van der Waals surface area contributed by atoms with Gasteiger partial charge in [-0.05, 0) is 31.2 Å². The van der Waals surface area contributed by atoms with Crippen LogP contribution in [0.25, 0.3) is 0 Å². The van der Waals surface area contributed by atoms with Gasteiger partial charge in [0.2, 0.25) is 0 Å². The van der Waals surface area contributed by atoms with Crippen molar-refractivity contribution in [1.29, 1.82) is 0 Å². The number of nitrogens with one attached hydrogen (secondary N) is 1. The van der Waals surface area contributed by atoms with Crippen LogP contribution in [0, 0.1) is 0 Å². The van der Waals surface area contributed by atoms with E-state index in [1.54, 1.807) is 0 Å². The highest BCUT2D eigenvalue weighted by Gasteiger charge is 2.39. The Hall–Kier alpha value is -0.860. The van der Waals surface area contributed by atoms with E-state index in [2.05, 4.69) is 35.6 Å². The number of aliphatic hydroxyl groups excluding tert-OH is 1. The van der Waals surface area contributed by atoms with Crippen LogP contribution in [0.3, 0.4) is 0 Å². The number of benzene rings is 1. The molecule has 1 aliphatic heterocycles. The summed E-state index contributed by atoms with van der Waals surface area (Å²) in [4.78, 5) is 0. The molecule has 2 aliphatic rings. The molecule has 1 saturated heterocycles. The molecule has 2 atom stereocenters. The summed E-state index contributed by atoms with van der Waals surface area (Å²) in [5, 5.41) is 14.3. The first-order chi connectivity index (χ1) is 9.77. The minimum Gasteiger partial charge on any atom is -0.393 e. The summed E-state index contributed by atoms with van der Waals surface area (Å²) in [5.41, 5.74) is 1.51. The summed E-state index contributed by atoms with van der Waals surface area (Å²) >= 11 is 0. The standard InChI is InChI=1S/C18H27NO/c20-16-13-17(15-9-5-4-6-10-15)19-18(14-16)11-7-2-1-3-8-12-18/h4-6,9-10,16-17,19-20H,1-3,7-8,11-14H2/t16-,17-/m1/s1. The molecule has 1 saturated carbocycles. The van der Waals surface area contributed by atoms with Crippen LogP contribution in [0.5, 0.6) is 0 Å². The largest absolute Gasteiger partial charge is 0.393 e. The second-order valence-corrected chi connectivity index (χ2v) is 6.75. The molecule has 2 N–H and O–H groups in total. The predicted octanol–water partition coefficient (Wildman–Crippen LogP) is 3.96. The first-order valence-corrected chi connectivity index (χ1v) is 8.28. The van der Waals surface area contributed by atoms with Gasteiger partial charge in [0.15, 0.2) is 0 Å². The van der Waals surface area contributed by atoms with E-state index in [1.165, 1.54) is 50.5 Å². The Labute approximate surface area is 122 Å². The second-order valence-electron chi connectivity index (χ2n) is 6.75. The third kappa shape index (κ3) is 3.24. The van der Waals surface area contributed by atoms with Crippen LogP contribution in [-0.2, 0) is 0 Å². The van der Waals surface area contributed by atoms with E-state index in [-0.39, 0.29) is 11.6 Å². The Kier molecular flexibility index (Phi) is 4.42. The Bertz CT molecular complexity index is 409. The van der Waals surface area contributed by atoms with E-state index in [4.69, 9.17) is 0 Å². The van der Waals surface area contributed by atoms with Gasteiger partial charge in [-0.1, -0.05) is 62.4 Å². The van der Waals surface area contributed by atoms with Crippen LogP contribution >= 0.6 is 0 Å². The monoisotopic (exact) mass is 273 g/mol. The number of piperidine rings is 1. The van der Waals surface area contributed by atoms with Crippen molar-refractivity contribution in [3.8, 4) is 0 Å². The second kappa shape index (κ2) is 6.28. The molecule has 2 fully saturated rings. The van der Waals surface area contributed by atoms with Crippen molar-refractivity contribution in [3.63, 3.8) is 0 Å². The van der Waals surface area contributed by atoms with Crippen molar-refractivity contribution >= 4 is 0 Å². The maximum atomic E-state index is 10.4. The van der Waals surface area contributed by atoms with Gasteiger partial charge in [0, 0.05) is 11.6 Å². The zero-order chi connectivity index (χ0) is 13.8. The molecule has 1 aliphatic carbocycles. The molecule has 1 aromatic rings. The van der Waals surface area contributed by atoms with Crippen LogP contribution in [0.15, 0.2) is 30.3 Å². The molecule has 3 rings (SSSR count). The lowest BCUT2D eigenvalue weighted by Crippen LogP contribution is -2.54. The van der Waals surface area contributed by atoms with Crippen LogP contribution < -0.4 is 5.32 Å². The van der Waals surface area contributed by atoms with Gasteiger partial charge in [0.25, 0.3) is 0 Å². The molecule has 0 bridgehead atoms. The first-order valence-electron chi connectivity index (χ1n) is 8.28. The summed E-state index contributed by atoms with van der Waals surface area (Å²) in [6, 6.07) is 11.0. The lowest BCUT2D eigenvalue weighted by atomic mass is 9.75. The van der Waals surface area contributed by atoms with Gasteiger partial charge < -0.3 is 10.4 Å². The number of aliphatic hydroxyl groups is 1. The minimum absolute atomic E-state index is 0.152. The lowest BCUT2D eigenvalue weighted by molar-refractivity contribution is 0.0397. The van der Waals surface area contributed by atoms with E-state index in [1.807, 2.05) is 0 Å². The van der Waals surface area contributed by atoms with Gasteiger partial charge in [-0.2, -0.15) is 0 Å². The van der Waals surface area contributed by atoms with Crippen molar-refractivity contribution in [1.82, 2.24) is 5.32 Å². The van der Waals surface area contributed by atoms with Crippen molar-refractivity contribution in [2.24, 2.45) is 0 Å². The summed E-state index contributed by atoms with van der Waals surface area (Å²) < 4.78 is 0. The van der Waals surface area contributed by atoms with Crippen molar-refractivity contribution in [2.45, 2.75) is 75.5 Å². The van der Waals surface area contributed by atoms with Crippen LogP contribution in [0.1, 0.15) is 69.4 Å². The fourth-order valence-electron chi connectivity index (χ4n) is 4.13. The average molecular weight is 273 g/mol. The summed E-state index contributed by atoms with van der Waals surface area (Å²) in [6.45, 7) is 0. The molecule has 1 aromatic carbocycles. The Morgan fingerprint density at radius 3 is 2.30 bits per heavy atom. The average Bonchev–Trinajstić information content (AvgIpc) is 2.44. The third-order valence-electron chi connectivity index (χ3n) is 5.13. The molecule has 0 radical (unpaired) electrons. The molecule has 1 spiro atoms. The third-order valence-corrected chi connectivity index (χ3v) is 5.13. The maximum absolute atomic E-state index is 10.4. The number of hydrogen-bond acceptors (Lipinski definition) is 2. The normalized spacial score (nSPS) is 30.6. The maximum Gasteiger partial charge on any atom is 0.0576 e. The Morgan fingerprint density at radius 2 is 1.60 bits per heavy atom. The van der Waals surface area contributed by atoms with E-state index in [0.29, 0.717) is 6.04 Å². The zero-order valence-corrected chi connectivity index (χ0v) is 12.4. The molecule has 0 unspecified atom stereocenters. The van der Waals surface area contributed by atoms with Gasteiger partial charge in [-0.15, -0.1) is 0 Å². The smallest absolute Gasteiger partial charge is 0.0576 e. The molecule has 2 nitrogen and oxygen atoms in total. The van der Waals surface area contributed by atoms with E-state index >= 15 is 0 Å².